The molecule has 1 saturated heterocycles. The smallest absolute Gasteiger partial charge is 0.0698 e. The van der Waals surface area contributed by atoms with Crippen LogP contribution in [0.2, 0.25) is 0 Å². The van der Waals surface area contributed by atoms with Crippen molar-refractivity contribution in [3.8, 4) is 0 Å². The summed E-state index contributed by atoms with van der Waals surface area (Å²) in [6, 6.07) is 0. The van der Waals surface area contributed by atoms with Crippen molar-refractivity contribution in [2.45, 2.75) is 25.9 Å². The Bertz CT molecular complexity index is 144. The van der Waals surface area contributed by atoms with Crippen LogP contribution in [0.1, 0.15) is 19.8 Å². The Hall–Kier alpha value is -0.160. The molecular formula is C11H23NO3. The molecule has 0 unspecified atom stereocenters. The molecule has 1 aliphatic rings. The summed E-state index contributed by atoms with van der Waals surface area (Å²) in [5.41, 5.74) is 0. The molecule has 0 spiro atoms. The van der Waals surface area contributed by atoms with Crippen molar-refractivity contribution < 1.29 is 14.6 Å². The van der Waals surface area contributed by atoms with Crippen molar-refractivity contribution in [1.29, 1.82) is 0 Å². The molecule has 1 fully saturated rings. The average Bonchev–Trinajstić information content (AvgIpc) is 2.27. The van der Waals surface area contributed by atoms with Crippen molar-refractivity contribution >= 4 is 0 Å². The Balaban J connectivity index is 1.99. The number of nitrogens with zero attached hydrogens (tertiary/aromatic N) is 1. The third-order valence-electron chi connectivity index (χ3n) is 2.72. The van der Waals surface area contributed by atoms with Gasteiger partial charge in [0.05, 0.1) is 25.9 Å². The van der Waals surface area contributed by atoms with Gasteiger partial charge in [-0.3, -0.25) is 0 Å². The summed E-state index contributed by atoms with van der Waals surface area (Å²) in [7, 11) is 0. The molecule has 0 atom stereocenters. The molecular weight excluding hydrogens is 194 g/mol. The van der Waals surface area contributed by atoms with Crippen molar-refractivity contribution in [1.82, 2.24) is 4.90 Å². The minimum Gasteiger partial charge on any atom is -0.394 e. The van der Waals surface area contributed by atoms with Gasteiger partial charge in [-0.25, -0.2) is 0 Å². The lowest BCUT2D eigenvalue weighted by atomic mass is 10.1. The molecule has 4 heteroatoms. The second-order valence-electron chi connectivity index (χ2n) is 3.83. The first-order valence-electron chi connectivity index (χ1n) is 5.89. The molecule has 0 aromatic heterocycles. The average molecular weight is 217 g/mol. The quantitative estimate of drug-likeness (QED) is 0.630. The van der Waals surface area contributed by atoms with Crippen LogP contribution in [0, 0.1) is 0 Å². The Kier molecular flexibility index (Phi) is 6.92. The Labute approximate surface area is 92.2 Å². The number of hydrogen-bond acceptors (Lipinski definition) is 4. The van der Waals surface area contributed by atoms with E-state index in [9.17, 15) is 0 Å². The molecule has 4 nitrogen and oxygen atoms in total. The summed E-state index contributed by atoms with van der Waals surface area (Å²) >= 11 is 0. The fourth-order valence-corrected chi connectivity index (χ4v) is 1.90. The van der Waals surface area contributed by atoms with Gasteiger partial charge in [0.25, 0.3) is 0 Å². The number of ether oxygens (including phenoxy) is 2. The first-order valence-corrected chi connectivity index (χ1v) is 5.89. The van der Waals surface area contributed by atoms with E-state index in [0.717, 1.165) is 45.7 Å². The van der Waals surface area contributed by atoms with E-state index in [-0.39, 0.29) is 6.61 Å². The molecule has 1 N–H and O–H groups in total. The van der Waals surface area contributed by atoms with Gasteiger partial charge in [-0.05, 0) is 19.8 Å². The van der Waals surface area contributed by atoms with Crippen LogP contribution in [0.15, 0.2) is 0 Å². The summed E-state index contributed by atoms with van der Waals surface area (Å²) in [4.78, 5) is 2.40. The van der Waals surface area contributed by atoms with Gasteiger partial charge in [0.2, 0.25) is 0 Å². The lowest BCUT2D eigenvalue weighted by molar-refractivity contribution is 0.00490. The van der Waals surface area contributed by atoms with Gasteiger partial charge in [0.1, 0.15) is 0 Å². The predicted molar refractivity (Wildman–Crippen MR) is 59.0 cm³/mol. The van der Waals surface area contributed by atoms with Gasteiger partial charge in [0.15, 0.2) is 0 Å². The zero-order valence-corrected chi connectivity index (χ0v) is 9.65. The Morgan fingerprint density at radius 3 is 2.60 bits per heavy atom. The van der Waals surface area contributed by atoms with Crippen LogP contribution in [0.5, 0.6) is 0 Å². The number of likely N-dealkylation sites (tertiary alicyclic amines) is 1. The van der Waals surface area contributed by atoms with Crippen LogP contribution in [0.4, 0.5) is 0 Å². The van der Waals surface area contributed by atoms with Gasteiger partial charge >= 0.3 is 0 Å². The van der Waals surface area contributed by atoms with E-state index >= 15 is 0 Å². The van der Waals surface area contributed by atoms with E-state index in [1.165, 1.54) is 0 Å². The minimum atomic E-state index is 0.117. The van der Waals surface area contributed by atoms with Gasteiger partial charge < -0.3 is 19.5 Å². The maximum atomic E-state index is 8.54. The summed E-state index contributed by atoms with van der Waals surface area (Å²) in [5, 5.41) is 8.54. The number of hydrogen-bond donors (Lipinski definition) is 1. The number of aliphatic hydroxyl groups excluding tert-OH is 1. The lowest BCUT2D eigenvalue weighted by Crippen LogP contribution is -2.38. The van der Waals surface area contributed by atoms with Gasteiger partial charge in [-0.15, -0.1) is 0 Å². The molecule has 15 heavy (non-hydrogen) atoms. The van der Waals surface area contributed by atoms with Gasteiger partial charge in [-0.2, -0.15) is 0 Å². The van der Waals surface area contributed by atoms with E-state index in [1.54, 1.807) is 0 Å². The van der Waals surface area contributed by atoms with Crippen LogP contribution in [-0.4, -0.2) is 62.2 Å². The lowest BCUT2D eigenvalue weighted by Gasteiger charge is -2.31. The molecule has 0 amide bonds. The first kappa shape index (κ1) is 12.9. The summed E-state index contributed by atoms with van der Waals surface area (Å²) in [5.74, 6) is 0. The third-order valence-corrected chi connectivity index (χ3v) is 2.72. The van der Waals surface area contributed by atoms with E-state index in [0.29, 0.717) is 12.7 Å². The van der Waals surface area contributed by atoms with Crippen molar-refractivity contribution in [2.75, 3.05) is 46.1 Å². The highest BCUT2D eigenvalue weighted by atomic mass is 16.5. The van der Waals surface area contributed by atoms with E-state index < -0.39 is 0 Å². The fraction of sp³-hybridized carbons (Fsp3) is 1.00. The van der Waals surface area contributed by atoms with Gasteiger partial charge in [-0.1, -0.05) is 0 Å². The molecule has 0 saturated carbocycles. The summed E-state index contributed by atoms with van der Waals surface area (Å²) < 4.78 is 10.8. The third kappa shape index (κ3) is 5.47. The van der Waals surface area contributed by atoms with E-state index in [1.807, 2.05) is 0 Å². The predicted octanol–water partition coefficient (Wildman–Crippen LogP) is 0.496. The maximum absolute atomic E-state index is 8.54. The van der Waals surface area contributed by atoms with Crippen LogP contribution < -0.4 is 0 Å². The largest absolute Gasteiger partial charge is 0.394 e. The summed E-state index contributed by atoms with van der Waals surface area (Å²) in [6.07, 6.45) is 2.73. The van der Waals surface area contributed by atoms with E-state index in [2.05, 4.69) is 11.8 Å². The molecule has 1 heterocycles. The first-order chi connectivity index (χ1) is 7.36. The van der Waals surface area contributed by atoms with Crippen molar-refractivity contribution in [3.63, 3.8) is 0 Å². The normalized spacial score (nSPS) is 19.6. The zero-order valence-electron chi connectivity index (χ0n) is 9.65. The SMILES string of the molecule is CCOC1CCN(CCOCCO)CC1. The highest BCUT2D eigenvalue weighted by molar-refractivity contribution is 4.72. The Morgan fingerprint density at radius 2 is 2.00 bits per heavy atom. The molecule has 0 aromatic carbocycles. The van der Waals surface area contributed by atoms with Crippen LogP contribution >= 0.6 is 0 Å². The van der Waals surface area contributed by atoms with Crippen LogP contribution in [-0.2, 0) is 9.47 Å². The van der Waals surface area contributed by atoms with Crippen molar-refractivity contribution in [2.24, 2.45) is 0 Å². The van der Waals surface area contributed by atoms with E-state index in [4.69, 9.17) is 14.6 Å². The zero-order chi connectivity index (χ0) is 10.9. The Morgan fingerprint density at radius 1 is 1.27 bits per heavy atom. The second kappa shape index (κ2) is 8.05. The maximum Gasteiger partial charge on any atom is 0.0698 e. The van der Waals surface area contributed by atoms with Crippen molar-refractivity contribution in [3.05, 3.63) is 0 Å². The van der Waals surface area contributed by atoms with Gasteiger partial charge in [0, 0.05) is 26.2 Å². The molecule has 90 valence electrons. The number of aliphatic hydroxyl groups is 1. The molecule has 0 radical (unpaired) electrons. The monoisotopic (exact) mass is 217 g/mol. The highest BCUT2D eigenvalue weighted by Crippen LogP contribution is 2.12. The molecule has 1 rings (SSSR count). The highest BCUT2D eigenvalue weighted by Gasteiger charge is 2.18. The van der Waals surface area contributed by atoms with Crippen LogP contribution in [0.3, 0.4) is 0 Å². The number of rotatable bonds is 7. The molecule has 0 bridgehead atoms. The number of piperidine rings is 1. The minimum absolute atomic E-state index is 0.117. The standard InChI is InChI=1S/C11H23NO3/c1-2-15-11-3-5-12(6-4-11)7-9-14-10-8-13/h11,13H,2-10H2,1H3. The molecule has 0 aliphatic carbocycles. The molecule has 1 aliphatic heterocycles. The van der Waals surface area contributed by atoms with Crippen LogP contribution in [0.25, 0.3) is 0 Å². The topological polar surface area (TPSA) is 41.9 Å². The molecule has 0 aromatic rings. The fourth-order valence-electron chi connectivity index (χ4n) is 1.90. The second-order valence-corrected chi connectivity index (χ2v) is 3.83. The summed E-state index contributed by atoms with van der Waals surface area (Å²) in [6.45, 7) is 7.35.